The highest BCUT2D eigenvalue weighted by Crippen LogP contribution is 2.24. The number of hydrogen-bond donors (Lipinski definition) is 2. The number of hydrogen-bond acceptors (Lipinski definition) is 5. The van der Waals surface area contributed by atoms with Gasteiger partial charge in [0.15, 0.2) is 11.2 Å². The summed E-state index contributed by atoms with van der Waals surface area (Å²) in [7, 11) is 3.14. The van der Waals surface area contributed by atoms with Crippen LogP contribution in [0, 0.1) is 0 Å². The number of nitrogens with zero attached hydrogens (tertiary/aromatic N) is 4. The molecule has 0 aromatic carbocycles. The molecule has 1 aliphatic heterocycles. The van der Waals surface area contributed by atoms with Gasteiger partial charge >= 0.3 is 5.69 Å². The monoisotopic (exact) mass is 360 g/mol. The Kier molecular flexibility index (Phi) is 5.15. The fourth-order valence-corrected chi connectivity index (χ4v) is 3.52. The van der Waals surface area contributed by atoms with E-state index in [-0.39, 0.29) is 23.3 Å². The molecule has 1 saturated heterocycles. The Balaban J connectivity index is 2.31. The first-order valence-corrected chi connectivity index (χ1v) is 9.11. The van der Waals surface area contributed by atoms with E-state index in [1.807, 2.05) is 18.4 Å². The van der Waals surface area contributed by atoms with E-state index in [4.69, 9.17) is 10.7 Å². The Bertz CT molecular complexity index is 961. The van der Waals surface area contributed by atoms with E-state index in [0.717, 1.165) is 41.8 Å². The molecule has 2 unspecified atom stereocenters. The van der Waals surface area contributed by atoms with Crippen molar-refractivity contribution < 1.29 is 0 Å². The summed E-state index contributed by atoms with van der Waals surface area (Å²) < 4.78 is 4.47. The van der Waals surface area contributed by atoms with E-state index >= 15 is 0 Å². The van der Waals surface area contributed by atoms with Crippen molar-refractivity contribution in [3.63, 3.8) is 0 Å². The van der Waals surface area contributed by atoms with Crippen LogP contribution in [0.4, 0.5) is 0 Å². The summed E-state index contributed by atoms with van der Waals surface area (Å²) in [5.74, 6) is 0.727. The van der Waals surface area contributed by atoms with Crippen LogP contribution < -0.4 is 22.3 Å². The summed E-state index contributed by atoms with van der Waals surface area (Å²) in [5, 5.41) is 3.48. The predicted molar refractivity (Wildman–Crippen MR) is 102 cm³/mol. The summed E-state index contributed by atoms with van der Waals surface area (Å²) in [6.07, 6.45) is 5.09. The van der Waals surface area contributed by atoms with Crippen LogP contribution in [0.25, 0.3) is 11.2 Å². The molecule has 142 valence electrons. The number of nitrogens with two attached hydrogens (primary N) is 1. The smallest absolute Gasteiger partial charge is 0.326 e. The van der Waals surface area contributed by atoms with Crippen molar-refractivity contribution in [1.82, 2.24) is 24.0 Å². The van der Waals surface area contributed by atoms with Gasteiger partial charge in [-0.3, -0.25) is 13.9 Å². The van der Waals surface area contributed by atoms with Crippen LogP contribution in [0.2, 0.25) is 0 Å². The fraction of sp³-hybridized carbons (Fsp3) is 0.611. The minimum absolute atomic E-state index is 0.0827. The second-order valence-corrected chi connectivity index (χ2v) is 7.33. The molecule has 0 bridgehead atoms. The summed E-state index contributed by atoms with van der Waals surface area (Å²) in [6.45, 7) is 5.41. The molecule has 3 heterocycles. The lowest BCUT2D eigenvalue weighted by atomic mass is 10.0. The largest absolute Gasteiger partial charge is 0.332 e. The number of rotatable bonds is 3. The third-order valence-corrected chi connectivity index (χ3v) is 5.09. The molecule has 0 spiro atoms. The molecular weight excluding hydrogens is 332 g/mol. The van der Waals surface area contributed by atoms with Gasteiger partial charge in [0, 0.05) is 26.7 Å². The van der Waals surface area contributed by atoms with E-state index in [9.17, 15) is 9.59 Å². The molecule has 2 atom stereocenters. The minimum atomic E-state index is -0.376. The van der Waals surface area contributed by atoms with Crippen LogP contribution in [0.3, 0.4) is 0 Å². The molecule has 1 aliphatic rings. The third kappa shape index (κ3) is 3.14. The Morgan fingerprint density at radius 1 is 1.27 bits per heavy atom. The Morgan fingerprint density at radius 2 is 2.00 bits per heavy atom. The third-order valence-electron chi connectivity index (χ3n) is 5.09. The predicted octanol–water partition coefficient (Wildman–Crippen LogP) is 0.542. The van der Waals surface area contributed by atoms with E-state index < -0.39 is 0 Å². The second kappa shape index (κ2) is 7.20. The van der Waals surface area contributed by atoms with Gasteiger partial charge in [-0.2, -0.15) is 0 Å². The molecule has 3 N–H and O–H groups in total. The zero-order chi connectivity index (χ0) is 19.0. The maximum Gasteiger partial charge on any atom is 0.332 e. The molecule has 26 heavy (non-hydrogen) atoms. The van der Waals surface area contributed by atoms with Crippen LogP contribution in [0.1, 0.15) is 45.0 Å². The van der Waals surface area contributed by atoms with Gasteiger partial charge in [-0.25, -0.2) is 9.78 Å². The van der Waals surface area contributed by atoms with Crippen LogP contribution in [0.5, 0.6) is 0 Å². The number of nitrogens with one attached hydrogen (secondary N) is 1. The highest BCUT2D eigenvalue weighted by atomic mass is 16.2. The summed E-state index contributed by atoms with van der Waals surface area (Å²) in [4.78, 5) is 29.8. The van der Waals surface area contributed by atoms with Crippen LogP contribution in [0.15, 0.2) is 21.2 Å². The molecule has 0 amide bonds. The molecule has 8 heteroatoms. The van der Waals surface area contributed by atoms with Gasteiger partial charge in [-0.15, -0.1) is 0 Å². The molecule has 1 fully saturated rings. The first-order valence-electron chi connectivity index (χ1n) is 9.11. The maximum atomic E-state index is 12.8. The highest BCUT2D eigenvalue weighted by molar-refractivity contribution is 5.71. The SMILES string of the molecule is CC(C)=CCn1c(C2NCCCCC2N)nc2c1c(=O)n(C)c(=O)n2C. The molecule has 0 saturated carbocycles. The van der Waals surface area contributed by atoms with E-state index in [1.54, 1.807) is 7.05 Å². The quantitative estimate of drug-likeness (QED) is 0.779. The van der Waals surface area contributed by atoms with Crippen LogP contribution in [-0.2, 0) is 20.6 Å². The van der Waals surface area contributed by atoms with Gasteiger partial charge in [0.25, 0.3) is 5.56 Å². The lowest BCUT2D eigenvalue weighted by Gasteiger charge is -2.22. The zero-order valence-corrected chi connectivity index (χ0v) is 16.0. The van der Waals surface area contributed by atoms with Crippen LogP contribution >= 0.6 is 0 Å². The first kappa shape index (κ1) is 18.6. The van der Waals surface area contributed by atoms with Crippen molar-refractivity contribution in [3.8, 4) is 0 Å². The lowest BCUT2D eigenvalue weighted by molar-refractivity contribution is 0.432. The summed E-state index contributed by atoms with van der Waals surface area (Å²) in [6, 6.07) is -0.226. The molecule has 2 aromatic heterocycles. The standard InChI is InChI=1S/C18H28N6O2/c1-11(2)8-10-24-14-16(22(3)18(26)23(4)17(14)25)21-15(24)13-12(19)7-5-6-9-20-13/h8,12-13,20H,5-7,9-10,19H2,1-4H3. The van der Waals surface area contributed by atoms with Gasteiger partial charge in [-0.05, 0) is 33.2 Å². The molecular formula is C18H28N6O2. The minimum Gasteiger partial charge on any atom is -0.326 e. The van der Waals surface area contributed by atoms with Crippen molar-refractivity contribution in [2.24, 2.45) is 19.8 Å². The van der Waals surface area contributed by atoms with Crippen molar-refractivity contribution >= 4 is 11.2 Å². The average Bonchev–Trinajstić information content (AvgIpc) is 2.85. The van der Waals surface area contributed by atoms with E-state index in [0.29, 0.717) is 17.7 Å². The number of fused-ring (bicyclic) bond motifs is 1. The van der Waals surface area contributed by atoms with Crippen molar-refractivity contribution in [2.45, 2.75) is 51.7 Å². The van der Waals surface area contributed by atoms with Gasteiger partial charge in [0.2, 0.25) is 0 Å². The van der Waals surface area contributed by atoms with Gasteiger partial charge in [-0.1, -0.05) is 18.1 Å². The number of allylic oxidation sites excluding steroid dienone is 2. The fourth-order valence-electron chi connectivity index (χ4n) is 3.52. The second-order valence-electron chi connectivity index (χ2n) is 7.33. The topological polar surface area (TPSA) is 99.9 Å². The molecule has 0 radical (unpaired) electrons. The maximum absolute atomic E-state index is 12.8. The number of imidazole rings is 1. The normalized spacial score (nSPS) is 21.0. The van der Waals surface area contributed by atoms with E-state index in [2.05, 4.69) is 11.4 Å². The molecule has 3 rings (SSSR count). The van der Waals surface area contributed by atoms with Crippen LogP contribution in [-0.4, -0.2) is 31.3 Å². The number of aryl methyl sites for hydroxylation is 1. The number of aromatic nitrogens is 4. The average molecular weight is 360 g/mol. The summed E-state index contributed by atoms with van der Waals surface area (Å²) >= 11 is 0. The highest BCUT2D eigenvalue weighted by Gasteiger charge is 2.29. The zero-order valence-electron chi connectivity index (χ0n) is 16.0. The lowest BCUT2D eigenvalue weighted by Crippen LogP contribution is -2.38. The Hall–Kier alpha value is -2.19. The van der Waals surface area contributed by atoms with Crippen molar-refractivity contribution in [3.05, 3.63) is 38.3 Å². The molecule has 8 nitrogen and oxygen atoms in total. The van der Waals surface area contributed by atoms with Gasteiger partial charge < -0.3 is 15.6 Å². The molecule has 0 aliphatic carbocycles. The Morgan fingerprint density at radius 3 is 2.69 bits per heavy atom. The van der Waals surface area contributed by atoms with Gasteiger partial charge in [0.05, 0.1) is 6.04 Å². The van der Waals surface area contributed by atoms with Gasteiger partial charge in [0.1, 0.15) is 5.82 Å². The van der Waals surface area contributed by atoms with Crippen molar-refractivity contribution in [1.29, 1.82) is 0 Å². The van der Waals surface area contributed by atoms with E-state index in [1.165, 1.54) is 11.6 Å². The summed E-state index contributed by atoms with van der Waals surface area (Å²) in [5.41, 5.74) is 7.71. The molecule has 2 aromatic rings. The Labute approximate surface area is 152 Å². The van der Waals surface area contributed by atoms with Crippen molar-refractivity contribution in [2.75, 3.05) is 6.54 Å². The first-order chi connectivity index (χ1) is 12.3.